The molecule has 0 bridgehead atoms. The predicted octanol–water partition coefficient (Wildman–Crippen LogP) is 6.55. The van der Waals surface area contributed by atoms with Crippen molar-refractivity contribution in [3.8, 4) is 11.5 Å². The van der Waals surface area contributed by atoms with Gasteiger partial charge in [-0.25, -0.2) is 9.48 Å². The Morgan fingerprint density at radius 3 is 2.44 bits per heavy atom. The second-order valence-electron chi connectivity index (χ2n) is 8.56. The van der Waals surface area contributed by atoms with Crippen LogP contribution >= 0.6 is 23.2 Å². The Bertz CT molecular complexity index is 1500. The Morgan fingerprint density at radius 2 is 1.72 bits per heavy atom. The van der Waals surface area contributed by atoms with E-state index < -0.39 is 12.0 Å². The summed E-state index contributed by atoms with van der Waals surface area (Å²) in [6.45, 7) is 4.45. The van der Waals surface area contributed by atoms with E-state index in [1.54, 1.807) is 35.9 Å². The maximum Gasteiger partial charge on any atom is 0.338 e. The largest absolute Gasteiger partial charge is 0.490 e. The lowest BCUT2D eigenvalue weighted by Crippen LogP contribution is -2.30. The van der Waals surface area contributed by atoms with Crippen LogP contribution in [0, 0.1) is 0 Å². The van der Waals surface area contributed by atoms with Gasteiger partial charge in [-0.05, 0) is 49.2 Å². The fourth-order valence-electron chi connectivity index (χ4n) is 4.43. The Kier molecular flexibility index (Phi) is 8.05. The first kappa shape index (κ1) is 26.6. The summed E-state index contributed by atoms with van der Waals surface area (Å²) in [5.41, 5.74) is 3.25. The lowest BCUT2D eigenvalue weighted by atomic mass is 9.92. The molecule has 3 aromatic carbocycles. The van der Waals surface area contributed by atoms with Crippen molar-refractivity contribution in [1.29, 1.82) is 0 Å². The first-order valence-electron chi connectivity index (χ1n) is 12.5. The molecule has 1 aromatic heterocycles. The lowest BCUT2D eigenvalue weighted by molar-refractivity contribution is -0.138. The lowest BCUT2D eigenvalue weighted by Gasteiger charge is -2.30. The van der Waals surface area contributed by atoms with E-state index in [1.165, 1.54) is 6.33 Å². The monoisotopic (exact) mass is 564 g/mol. The van der Waals surface area contributed by atoms with Crippen LogP contribution in [0.3, 0.4) is 0 Å². The number of hydrogen-bond donors (Lipinski definition) is 1. The van der Waals surface area contributed by atoms with Gasteiger partial charge in [-0.3, -0.25) is 0 Å². The Balaban J connectivity index is 1.59. The third-order valence-corrected chi connectivity index (χ3v) is 6.88. The zero-order valence-corrected chi connectivity index (χ0v) is 22.9. The normalized spacial score (nSPS) is 14.4. The average Bonchev–Trinajstić information content (AvgIpc) is 3.42. The molecule has 1 aliphatic rings. The minimum Gasteiger partial charge on any atom is -0.490 e. The van der Waals surface area contributed by atoms with Crippen LogP contribution in [-0.2, 0) is 16.1 Å². The number of ether oxygens (including phenoxy) is 3. The highest BCUT2D eigenvalue weighted by Crippen LogP contribution is 2.41. The standard InChI is InChI=1S/C29H26Cl2N4O4/c1-3-37-24-15-19(13-14-23(24)39-16-20-21(30)11-8-12-22(20)31)27-25(28(36)38-4-2)26(18-9-6-5-7-10-18)34-29-32-17-33-35(27)29/h5-15,17,27H,3-4,16H2,1-2H3,(H,32,33,34)/t27-/m0/s1. The van der Waals surface area contributed by atoms with E-state index in [1.807, 2.05) is 49.4 Å². The topological polar surface area (TPSA) is 87.5 Å². The van der Waals surface area contributed by atoms with E-state index >= 15 is 0 Å². The summed E-state index contributed by atoms with van der Waals surface area (Å²) in [5.74, 6) is 1.05. The fourth-order valence-corrected chi connectivity index (χ4v) is 4.94. The third-order valence-electron chi connectivity index (χ3n) is 6.17. The molecule has 0 aliphatic carbocycles. The summed E-state index contributed by atoms with van der Waals surface area (Å²) in [6.07, 6.45) is 1.44. The highest BCUT2D eigenvalue weighted by molar-refractivity contribution is 6.35. The van der Waals surface area contributed by atoms with E-state index in [4.69, 9.17) is 37.4 Å². The first-order chi connectivity index (χ1) is 19.0. The molecule has 8 nitrogen and oxygen atoms in total. The van der Waals surface area contributed by atoms with Crippen molar-refractivity contribution < 1.29 is 19.0 Å². The van der Waals surface area contributed by atoms with Gasteiger partial charge in [-0.15, -0.1) is 0 Å². The number of benzene rings is 3. The van der Waals surface area contributed by atoms with E-state index in [0.29, 0.717) is 50.9 Å². The predicted molar refractivity (Wildman–Crippen MR) is 150 cm³/mol. The zero-order valence-electron chi connectivity index (χ0n) is 21.4. The molecular weight excluding hydrogens is 539 g/mol. The molecule has 1 atom stereocenters. The number of carbonyl (C=O) groups excluding carboxylic acids is 1. The second-order valence-corrected chi connectivity index (χ2v) is 9.37. The van der Waals surface area contributed by atoms with Gasteiger partial charge in [0.05, 0.1) is 24.5 Å². The zero-order chi connectivity index (χ0) is 27.4. The van der Waals surface area contributed by atoms with Gasteiger partial charge in [-0.1, -0.05) is 65.7 Å². The molecule has 0 saturated heterocycles. The van der Waals surface area contributed by atoms with Crippen molar-refractivity contribution in [2.75, 3.05) is 18.5 Å². The van der Waals surface area contributed by atoms with Gasteiger partial charge in [0, 0.05) is 15.6 Å². The second kappa shape index (κ2) is 11.8. The molecule has 0 radical (unpaired) electrons. The molecule has 5 rings (SSSR count). The van der Waals surface area contributed by atoms with Gasteiger partial charge < -0.3 is 19.5 Å². The van der Waals surface area contributed by atoms with Crippen LogP contribution < -0.4 is 14.8 Å². The van der Waals surface area contributed by atoms with Crippen LogP contribution in [0.15, 0.2) is 78.6 Å². The maximum absolute atomic E-state index is 13.4. The summed E-state index contributed by atoms with van der Waals surface area (Å²) in [7, 11) is 0. The number of anilines is 1. The summed E-state index contributed by atoms with van der Waals surface area (Å²) in [6, 6.07) is 19.8. The van der Waals surface area contributed by atoms with Crippen molar-refractivity contribution in [2.24, 2.45) is 0 Å². The molecule has 200 valence electrons. The summed E-state index contributed by atoms with van der Waals surface area (Å²) in [5, 5.41) is 8.73. The van der Waals surface area contributed by atoms with Crippen molar-refractivity contribution in [1.82, 2.24) is 14.8 Å². The number of nitrogens with one attached hydrogen (secondary N) is 1. The minimum absolute atomic E-state index is 0.157. The number of halogens is 2. The van der Waals surface area contributed by atoms with Gasteiger partial charge in [-0.2, -0.15) is 10.1 Å². The van der Waals surface area contributed by atoms with Gasteiger partial charge in [0.25, 0.3) is 0 Å². The first-order valence-corrected chi connectivity index (χ1v) is 13.2. The number of esters is 1. The maximum atomic E-state index is 13.4. The molecule has 1 N–H and O–H groups in total. The van der Waals surface area contributed by atoms with Crippen molar-refractivity contribution in [2.45, 2.75) is 26.5 Å². The SMILES string of the molecule is CCOC(=O)C1=C(c2ccccc2)Nc2ncnn2[C@H]1c1ccc(OCc2c(Cl)cccc2Cl)c(OCC)c1. The highest BCUT2D eigenvalue weighted by atomic mass is 35.5. The van der Waals surface area contributed by atoms with Crippen LogP contribution in [0.2, 0.25) is 10.0 Å². The molecule has 0 amide bonds. The quantitative estimate of drug-likeness (QED) is 0.230. The minimum atomic E-state index is -0.635. The molecule has 10 heteroatoms. The van der Waals surface area contributed by atoms with E-state index in [0.717, 1.165) is 11.1 Å². The number of rotatable bonds is 9. The fraction of sp³-hybridized carbons (Fsp3) is 0.207. The summed E-state index contributed by atoms with van der Waals surface area (Å²) >= 11 is 12.7. The van der Waals surface area contributed by atoms with Crippen LogP contribution in [0.5, 0.6) is 11.5 Å². The van der Waals surface area contributed by atoms with E-state index in [-0.39, 0.29) is 13.2 Å². The molecule has 0 spiro atoms. The van der Waals surface area contributed by atoms with Crippen LogP contribution in [-0.4, -0.2) is 33.9 Å². The highest BCUT2D eigenvalue weighted by Gasteiger charge is 2.36. The van der Waals surface area contributed by atoms with Crippen molar-refractivity contribution in [3.05, 3.63) is 105 Å². The molecule has 39 heavy (non-hydrogen) atoms. The van der Waals surface area contributed by atoms with Gasteiger partial charge >= 0.3 is 5.97 Å². The van der Waals surface area contributed by atoms with Gasteiger partial charge in [0.2, 0.25) is 5.95 Å². The van der Waals surface area contributed by atoms with Gasteiger partial charge in [0.1, 0.15) is 19.0 Å². The Hall–Kier alpha value is -4.01. The van der Waals surface area contributed by atoms with Crippen LogP contribution in [0.25, 0.3) is 5.70 Å². The molecule has 0 saturated carbocycles. The van der Waals surface area contributed by atoms with Crippen molar-refractivity contribution in [3.63, 3.8) is 0 Å². The van der Waals surface area contributed by atoms with Crippen molar-refractivity contribution >= 4 is 40.8 Å². The van der Waals surface area contributed by atoms with Crippen LogP contribution in [0.4, 0.5) is 5.95 Å². The molecular formula is C29H26Cl2N4O4. The molecule has 4 aromatic rings. The number of hydrogen-bond acceptors (Lipinski definition) is 7. The molecule has 0 unspecified atom stereocenters. The summed E-state index contributed by atoms with van der Waals surface area (Å²) < 4.78 is 19.2. The average molecular weight is 565 g/mol. The van der Waals surface area contributed by atoms with E-state index in [2.05, 4.69) is 15.4 Å². The Labute approximate surface area is 236 Å². The molecule has 2 heterocycles. The number of fused-ring (bicyclic) bond motifs is 1. The molecule has 1 aliphatic heterocycles. The number of nitrogens with zero attached hydrogens (tertiary/aromatic N) is 3. The van der Waals surface area contributed by atoms with Crippen LogP contribution in [0.1, 0.15) is 36.6 Å². The Morgan fingerprint density at radius 1 is 0.949 bits per heavy atom. The molecule has 0 fully saturated rings. The third kappa shape index (κ3) is 5.44. The van der Waals surface area contributed by atoms with E-state index in [9.17, 15) is 4.79 Å². The van der Waals surface area contributed by atoms with Gasteiger partial charge in [0.15, 0.2) is 11.5 Å². The smallest absolute Gasteiger partial charge is 0.338 e. The number of aromatic nitrogens is 3. The number of carbonyl (C=O) groups is 1. The summed E-state index contributed by atoms with van der Waals surface area (Å²) in [4.78, 5) is 17.8.